The SMILES string of the molecule is Clc1ccc(/C=N/Nc2nc(Nc3ccc4ccccc4c3)nc(N3CCOCC3)n2)cc1Cl. The van der Waals surface area contributed by atoms with Crippen LogP contribution in [-0.2, 0) is 4.74 Å². The van der Waals surface area contributed by atoms with E-state index in [2.05, 4.69) is 60.0 Å². The number of nitrogens with zero attached hydrogens (tertiary/aromatic N) is 5. The van der Waals surface area contributed by atoms with Crippen molar-refractivity contribution in [2.45, 2.75) is 0 Å². The molecule has 0 amide bonds. The maximum absolute atomic E-state index is 6.08. The Morgan fingerprint density at radius 2 is 1.65 bits per heavy atom. The number of hydrogen-bond acceptors (Lipinski definition) is 8. The summed E-state index contributed by atoms with van der Waals surface area (Å²) in [5.74, 6) is 1.28. The highest BCUT2D eigenvalue weighted by Gasteiger charge is 2.17. The van der Waals surface area contributed by atoms with Crippen LogP contribution in [0.3, 0.4) is 0 Å². The Balaban J connectivity index is 1.41. The lowest BCUT2D eigenvalue weighted by molar-refractivity contribution is 0.122. The minimum absolute atomic E-state index is 0.316. The Hall–Kier alpha value is -3.46. The van der Waals surface area contributed by atoms with Gasteiger partial charge in [0.1, 0.15) is 0 Å². The van der Waals surface area contributed by atoms with Crippen LogP contribution < -0.4 is 15.6 Å². The number of fused-ring (bicyclic) bond motifs is 1. The molecule has 0 radical (unpaired) electrons. The summed E-state index contributed by atoms with van der Waals surface area (Å²) in [6.07, 6.45) is 1.62. The van der Waals surface area contributed by atoms with Crippen molar-refractivity contribution in [3.63, 3.8) is 0 Å². The second kappa shape index (κ2) is 10.2. The Kier molecular flexibility index (Phi) is 6.71. The third-order valence-corrected chi connectivity index (χ3v) is 5.98. The van der Waals surface area contributed by atoms with Crippen molar-refractivity contribution in [1.29, 1.82) is 0 Å². The van der Waals surface area contributed by atoms with Crippen LogP contribution in [-0.4, -0.2) is 47.5 Å². The summed E-state index contributed by atoms with van der Waals surface area (Å²) in [4.78, 5) is 15.7. The molecule has 0 atom stereocenters. The Morgan fingerprint density at radius 1 is 0.853 bits per heavy atom. The van der Waals surface area contributed by atoms with E-state index in [0.29, 0.717) is 54.2 Å². The standard InChI is InChI=1S/C24H21Cl2N7O/c25-20-8-5-16(13-21(20)26)15-27-32-23-29-22(30-24(31-23)33-9-11-34-12-10-33)28-19-7-6-17-3-1-2-4-18(17)14-19/h1-8,13-15H,9-12H2,(H2,28,29,30,31,32)/b27-15+. The Morgan fingerprint density at radius 3 is 2.47 bits per heavy atom. The first-order chi connectivity index (χ1) is 16.6. The van der Waals surface area contributed by atoms with E-state index in [1.807, 2.05) is 24.3 Å². The molecule has 5 rings (SSSR count). The van der Waals surface area contributed by atoms with Crippen LogP contribution in [0.5, 0.6) is 0 Å². The van der Waals surface area contributed by atoms with E-state index in [-0.39, 0.29) is 0 Å². The second-order valence-corrected chi connectivity index (χ2v) is 8.43. The fraction of sp³-hybridized carbons (Fsp3) is 0.167. The molecule has 172 valence electrons. The maximum Gasteiger partial charge on any atom is 0.250 e. The molecule has 34 heavy (non-hydrogen) atoms. The van der Waals surface area contributed by atoms with Gasteiger partial charge in [0.25, 0.3) is 0 Å². The van der Waals surface area contributed by atoms with E-state index in [1.165, 1.54) is 0 Å². The minimum Gasteiger partial charge on any atom is -0.378 e. The van der Waals surface area contributed by atoms with Gasteiger partial charge in [0.2, 0.25) is 17.8 Å². The van der Waals surface area contributed by atoms with Gasteiger partial charge in [0, 0.05) is 18.8 Å². The zero-order valence-corrected chi connectivity index (χ0v) is 19.6. The molecule has 3 aromatic carbocycles. The first-order valence-electron chi connectivity index (χ1n) is 10.7. The first kappa shape index (κ1) is 22.3. The molecule has 0 unspecified atom stereocenters. The number of hydrogen-bond donors (Lipinski definition) is 2. The largest absolute Gasteiger partial charge is 0.378 e. The first-order valence-corrected chi connectivity index (χ1v) is 11.5. The quantitative estimate of drug-likeness (QED) is 0.276. The van der Waals surface area contributed by atoms with Crippen molar-refractivity contribution >= 4 is 63.7 Å². The van der Waals surface area contributed by atoms with Crippen molar-refractivity contribution in [2.75, 3.05) is 41.9 Å². The fourth-order valence-electron chi connectivity index (χ4n) is 3.53. The van der Waals surface area contributed by atoms with Crippen LogP contribution in [0.25, 0.3) is 10.8 Å². The number of benzene rings is 3. The summed E-state index contributed by atoms with van der Waals surface area (Å²) in [5, 5.41) is 10.8. The van der Waals surface area contributed by atoms with Gasteiger partial charge < -0.3 is 15.0 Å². The van der Waals surface area contributed by atoms with E-state index >= 15 is 0 Å². The van der Waals surface area contributed by atoms with Crippen LogP contribution in [0, 0.1) is 0 Å². The molecule has 1 aliphatic heterocycles. The Bertz CT molecular complexity index is 1340. The number of hydrazone groups is 1. The number of aromatic nitrogens is 3. The van der Waals surface area contributed by atoms with Crippen molar-refractivity contribution in [2.24, 2.45) is 5.10 Å². The van der Waals surface area contributed by atoms with E-state index in [4.69, 9.17) is 27.9 Å². The topological polar surface area (TPSA) is 87.6 Å². The lowest BCUT2D eigenvalue weighted by Crippen LogP contribution is -2.37. The number of ether oxygens (including phenoxy) is 1. The predicted octanol–water partition coefficient (Wildman–Crippen LogP) is 5.36. The number of morpholine rings is 1. The molecule has 2 heterocycles. The average Bonchev–Trinajstić information content (AvgIpc) is 2.86. The molecule has 0 spiro atoms. The van der Waals surface area contributed by atoms with E-state index < -0.39 is 0 Å². The van der Waals surface area contributed by atoms with Gasteiger partial charge in [0.15, 0.2) is 0 Å². The summed E-state index contributed by atoms with van der Waals surface area (Å²) in [5.41, 5.74) is 4.56. The highest BCUT2D eigenvalue weighted by Crippen LogP contribution is 2.24. The molecule has 1 fully saturated rings. The molecule has 0 bridgehead atoms. The second-order valence-electron chi connectivity index (χ2n) is 7.61. The average molecular weight is 494 g/mol. The van der Waals surface area contributed by atoms with Crippen LogP contribution in [0.2, 0.25) is 10.0 Å². The van der Waals surface area contributed by atoms with Crippen LogP contribution >= 0.6 is 23.2 Å². The van der Waals surface area contributed by atoms with Gasteiger partial charge in [-0.25, -0.2) is 5.43 Å². The zero-order chi connectivity index (χ0) is 23.3. The monoisotopic (exact) mass is 493 g/mol. The van der Waals surface area contributed by atoms with E-state index in [9.17, 15) is 0 Å². The smallest absolute Gasteiger partial charge is 0.250 e. The molecule has 0 aliphatic carbocycles. The molecule has 1 saturated heterocycles. The van der Waals surface area contributed by atoms with Crippen molar-refractivity contribution < 1.29 is 4.74 Å². The molecular formula is C24H21Cl2N7O. The number of rotatable bonds is 6. The summed E-state index contributed by atoms with van der Waals surface area (Å²) >= 11 is 12.1. The summed E-state index contributed by atoms with van der Waals surface area (Å²) in [6.45, 7) is 2.64. The molecule has 8 nitrogen and oxygen atoms in total. The molecule has 1 aromatic heterocycles. The predicted molar refractivity (Wildman–Crippen MR) is 138 cm³/mol. The lowest BCUT2D eigenvalue weighted by Gasteiger charge is -2.27. The molecule has 4 aromatic rings. The van der Waals surface area contributed by atoms with Crippen molar-refractivity contribution in [1.82, 2.24) is 15.0 Å². The molecule has 1 aliphatic rings. The van der Waals surface area contributed by atoms with Gasteiger partial charge in [0.05, 0.1) is 29.5 Å². The molecule has 0 saturated carbocycles. The van der Waals surface area contributed by atoms with Crippen LogP contribution in [0.15, 0.2) is 65.8 Å². The lowest BCUT2D eigenvalue weighted by atomic mass is 10.1. The summed E-state index contributed by atoms with van der Waals surface area (Å²) in [7, 11) is 0. The Labute approximate surface area is 206 Å². The molecule has 2 N–H and O–H groups in total. The highest BCUT2D eigenvalue weighted by atomic mass is 35.5. The van der Waals surface area contributed by atoms with E-state index in [0.717, 1.165) is 22.0 Å². The van der Waals surface area contributed by atoms with Gasteiger partial charge in [-0.1, -0.05) is 59.6 Å². The van der Waals surface area contributed by atoms with Crippen LogP contribution in [0.1, 0.15) is 5.56 Å². The van der Waals surface area contributed by atoms with Gasteiger partial charge >= 0.3 is 0 Å². The molecular weight excluding hydrogens is 473 g/mol. The van der Waals surface area contributed by atoms with Crippen LogP contribution in [0.4, 0.5) is 23.5 Å². The number of nitrogens with one attached hydrogen (secondary N) is 2. The zero-order valence-electron chi connectivity index (χ0n) is 18.1. The number of halogens is 2. The van der Waals surface area contributed by atoms with E-state index in [1.54, 1.807) is 18.3 Å². The van der Waals surface area contributed by atoms with Gasteiger partial charge in [-0.2, -0.15) is 20.1 Å². The summed E-state index contributed by atoms with van der Waals surface area (Å²) in [6, 6.07) is 19.6. The summed E-state index contributed by atoms with van der Waals surface area (Å²) < 4.78 is 5.46. The van der Waals surface area contributed by atoms with Crippen molar-refractivity contribution in [3.8, 4) is 0 Å². The normalized spacial score (nSPS) is 14.0. The minimum atomic E-state index is 0.316. The highest BCUT2D eigenvalue weighted by molar-refractivity contribution is 6.42. The third-order valence-electron chi connectivity index (χ3n) is 5.24. The fourth-order valence-corrected chi connectivity index (χ4v) is 3.84. The number of anilines is 4. The molecule has 10 heteroatoms. The van der Waals surface area contributed by atoms with Gasteiger partial charge in [-0.3, -0.25) is 0 Å². The van der Waals surface area contributed by atoms with Crippen molar-refractivity contribution in [3.05, 3.63) is 76.3 Å². The van der Waals surface area contributed by atoms with Gasteiger partial charge in [-0.15, -0.1) is 0 Å². The maximum atomic E-state index is 6.08. The third kappa shape index (κ3) is 5.36. The van der Waals surface area contributed by atoms with Gasteiger partial charge in [-0.05, 0) is 40.6 Å².